The summed E-state index contributed by atoms with van der Waals surface area (Å²) in [5.41, 5.74) is 3.26. The van der Waals surface area contributed by atoms with Gasteiger partial charge in [-0.3, -0.25) is 9.67 Å². The Labute approximate surface area is 170 Å². The zero-order valence-electron chi connectivity index (χ0n) is 15.2. The number of aryl methyl sites for hydroxylation is 1. The number of hydrogen-bond donors (Lipinski definition) is 1. The van der Waals surface area contributed by atoms with Crippen LogP contribution in [0.2, 0.25) is 0 Å². The van der Waals surface area contributed by atoms with Gasteiger partial charge in [0.15, 0.2) is 5.52 Å². The molecule has 4 rings (SSSR count). The van der Waals surface area contributed by atoms with Crippen LogP contribution in [0.5, 0.6) is 5.88 Å². The second kappa shape index (κ2) is 9.82. The standard InChI is InChI=1S/C18H22N6O.2ClH/c1-2-24-11-14(10-22-24)15-8-16-17(21-7-6-20-16)18(23-15)25-12-13-4-3-5-19-9-13;;/h6-8,10-11,13,19H,2-5,9,12H2,1H3;2*1H/t13-;;/m0../s1. The predicted molar refractivity (Wildman–Crippen MR) is 110 cm³/mol. The van der Waals surface area contributed by atoms with Crippen molar-refractivity contribution in [2.45, 2.75) is 26.3 Å². The van der Waals surface area contributed by atoms with Crippen molar-refractivity contribution in [3.8, 4) is 17.1 Å². The maximum absolute atomic E-state index is 6.07. The quantitative estimate of drug-likeness (QED) is 0.695. The fourth-order valence-electron chi connectivity index (χ4n) is 3.12. The van der Waals surface area contributed by atoms with E-state index >= 15 is 0 Å². The lowest BCUT2D eigenvalue weighted by molar-refractivity contribution is 0.214. The highest BCUT2D eigenvalue weighted by Crippen LogP contribution is 2.27. The number of nitrogens with zero attached hydrogens (tertiary/aromatic N) is 5. The molecule has 0 saturated carbocycles. The zero-order valence-corrected chi connectivity index (χ0v) is 16.8. The van der Waals surface area contributed by atoms with Crippen LogP contribution < -0.4 is 10.1 Å². The molecule has 0 aliphatic carbocycles. The lowest BCUT2D eigenvalue weighted by Crippen LogP contribution is -2.33. The minimum Gasteiger partial charge on any atom is -0.476 e. The minimum atomic E-state index is 0. The van der Waals surface area contributed by atoms with Gasteiger partial charge in [0.1, 0.15) is 0 Å². The largest absolute Gasteiger partial charge is 0.476 e. The number of piperidine rings is 1. The molecular formula is C18H24Cl2N6O. The highest BCUT2D eigenvalue weighted by Gasteiger charge is 2.17. The summed E-state index contributed by atoms with van der Waals surface area (Å²) < 4.78 is 7.95. The Hall–Kier alpha value is -1.96. The van der Waals surface area contributed by atoms with Crippen molar-refractivity contribution in [3.05, 3.63) is 30.9 Å². The fourth-order valence-corrected chi connectivity index (χ4v) is 3.12. The Kier molecular flexibility index (Phi) is 7.77. The monoisotopic (exact) mass is 410 g/mol. The summed E-state index contributed by atoms with van der Waals surface area (Å²) in [6, 6.07) is 1.94. The SMILES string of the molecule is CCn1cc(-c2cc3nccnc3c(OC[C@H]3CCCNC3)n2)cn1.Cl.Cl. The van der Waals surface area contributed by atoms with Crippen LogP contribution in [0.1, 0.15) is 19.8 Å². The number of rotatable bonds is 5. The smallest absolute Gasteiger partial charge is 0.242 e. The van der Waals surface area contributed by atoms with Gasteiger partial charge in [-0.25, -0.2) is 9.97 Å². The van der Waals surface area contributed by atoms with Gasteiger partial charge < -0.3 is 10.1 Å². The van der Waals surface area contributed by atoms with Crippen LogP contribution in [0.25, 0.3) is 22.3 Å². The highest BCUT2D eigenvalue weighted by atomic mass is 35.5. The predicted octanol–water partition coefficient (Wildman–Crippen LogP) is 3.13. The minimum absolute atomic E-state index is 0. The van der Waals surface area contributed by atoms with E-state index in [0.29, 0.717) is 23.9 Å². The molecule has 1 saturated heterocycles. The molecule has 0 spiro atoms. The molecule has 0 bridgehead atoms. The summed E-state index contributed by atoms with van der Waals surface area (Å²) >= 11 is 0. The first-order valence-corrected chi connectivity index (χ1v) is 8.81. The van der Waals surface area contributed by atoms with Crippen LogP contribution in [-0.4, -0.2) is 44.4 Å². The van der Waals surface area contributed by atoms with Crippen LogP contribution in [0, 0.1) is 5.92 Å². The second-order valence-electron chi connectivity index (χ2n) is 6.34. The topological polar surface area (TPSA) is 77.8 Å². The first kappa shape index (κ1) is 21.3. The van der Waals surface area contributed by atoms with E-state index < -0.39 is 0 Å². The van der Waals surface area contributed by atoms with Gasteiger partial charge >= 0.3 is 0 Å². The van der Waals surface area contributed by atoms with Crippen molar-refractivity contribution >= 4 is 35.8 Å². The van der Waals surface area contributed by atoms with Gasteiger partial charge in [-0.15, -0.1) is 24.8 Å². The maximum Gasteiger partial charge on any atom is 0.242 e. The molecule has 1 aliphatic heterocycles. The van der Waals surface area contributed by atoms with E-state index in [0.717, 1.165) is 36.4 Å². The molecular weight excluding hydrogens is 387 g/mol. The summed E-state index contributed by atoms with van der Waals surface area (Å²) in [6.07, 6.45) is 9.55. The van der Waals surface area contributed by atoms with Crippen molar-refractivity contribution in [1.82, 2.24) is 30.0 Å². The molecule has 7 nitrogen and oxygen atoms in total. The molecule has 3 aromatic rings. The maximum atomic E-state index is 6.07. The van der Waals surface area contributed by atoms with E-state index in [4.69, 9.17) is 9.72 Å². The Morgan fingerprint density at radius 2 is 2.11 bits per heavy atom. The Bertz CT molecular complexity index is 866. The molecule has 0 amide bonds. The van der Waals surface area contributed by atoms with Gasteiger partial charge in [0.25, 0.3) is 0 Å². The van der Waals surface area contributed by atoms with Crippen molar-refractivity contribution in [3.63, 3.8) is 0 Å². The van der Waals surface area contributed by atoms with Gasteiger partial charge in [-0.2, -0.15) is 5.10 Å². The Balaban J connectivity index is 0.00000131. The molecule has 1 N–H and O–H groups in total. The molecule has 4 heterocycles. The average molecular weight is 411 g/mol. The first-order valence-electron chi connectivity index (χ1n) is 8.81. The normalized spacial score (nSPS) is 16.4. The van der Waals surface area contributed by atoms with E-state index in [-0.39, 0.29) is 24.8 Å². The van der Waals surface area contributed by atoms with E-state index in [1.165, 1.54) is 12.8 Å². The second-order valence-corrected chi connectivity index (χ2v) is 6.34. The summed E-state index contributed by atoms with van der Waals surface area (Å²) in [7, 11) is 0. The van der Waals surface area contributed by atoms with Gasteiger partial charge in [0, 0.05) is 43.2 Å². The summed E-state index contributed by atoms with van der Waals surface area (Å²) in [4.78, 5) is 13.5. The third-order valence-electron chi connectivity index (χ3n) is 4.53. The molecule has 9 heteroatoms. The summed E-state index contributed by atoms with van der Waals surface area (Å²) in [6.45, 7) is 5.62. The van der Waals surface area contributed by atoms with Crippen LogP contribution in [0.15, 0.2) is 30.9 Å². The molecule has 27 heavy (non-hydrogen) atoms. The number of pyridine rings is 1. The van der Waals surface area contributed by atoms with Crippen LogP contribution in [0.4, 0.5) is 0 Å². The van der Waals surface area contributed by atoms with Crippen molar-refractivity contribution in [1.29, 1.82) is 0 Å². The van der Waals surface area contributed by atoms with Crippen LogP contribution in [0.3, 0.4) is 0 Å². The average Bonchev–Trinajstić information content (AvgIpc) is 3.16. The van der Waals surface area contributed by atoms with Crippen LogP contribution >= 0.6 is 24.8 Å². The van der Waals surface area contributed by atoms with Gasteiger partial charge in [-0.05, 0) is 32.4 Å². The van der Waals surface area contributed by atoms with Crippen molar-refractivity contribution in [2.75, 3.05) is 19.7 Å². The van der Waals surface area contributed by atoms with E-state index in [1.807, 2.05) is 23.1 Å². The Morgan fingerprint density at radius 1 is 1.26 bits per heavy atom. The molecule has 0 aromatic carbocycles. The fraction of sp³-hybridized carbons (Fsp3) is 0.444. The molecule has 0 unspecified atom stereocenters. The number of aromatic nitrogens is 5. The molecule has 0 radical (unpaired) electrons. The highest BCUT2D eigenvalue weighted by molar-refractivity contribution is 5.85. The van der Waals surface area contributed by atoms with Gasteiger partial charge in [-0.1, -0.05) is 0 Å². The summed E-state index contributed by atoms with van der Waals surface area (Å²) in [5.74, 6) is 1.06. The van der Waals surface area contributed by atoms with E-state index in [2.05, 4.69) is 27.3 Å². The van der Waals surface area contributed by atoms with Crippen molar-refractivity contribution in [2.24, 2.45) is 5.92 Å². The van der Waals surface area contributed by atoms with Crippen molar-refractivity contribution < 1.29 is 4.74 Å². The molecule has 1 aliphatic rings. The third-order valence-corrected chi connectivity index (χ3v) is 4.53. The molecule has 3 aromatic heterocycles. The third kappa shape index (κ3) is 4.86. The van der Waals surface area contributed by atoms with Gasteiger partial charge in [0.2, 0.25) is 5.88 Å². The molecule has 146 valence electrons. The summed E-state index contributed by atoms with van der Waals surface area (Å²) in [5, 5.41) is 7.75. The lowest BCUT2D eigenvalue weighted by Gasteiger charge is -2.22. The lowest BCUT2D eigenvalue weighted by atomic mass is 10.0. The zero-order chi connectivity index (χ0) is 17.1. The number of fused-ring (bicyclic) bond motifs is 1. The van der Waals surface area contributed by atoms with Crippen LogP contribution in [-0.2, 0) is 6.54 Å². The first-order chi connectivity index (χ1) is 12.3. The molecule has 1 atom stereocenters. The van der Waals surface area contributed by atoms with E-state index in [9.17, 15) is 0 Å². The number of nitrogens with one attached hydrogen (secondary N) is 1. The van der Waals surface area contributed by atoms with E-state index in [1.54, 1.807) is 12.4 Å². The number of halogens is 2. The van der Waals surface area contributed by atoms with Gasteiger partial charge in [0.05, 0.1) is 24.0 Å². The number of hydrogen-bond acceptors (Lipinski definition) is 6. The Morgan fingerprint density at radius 3 is 2.85 bits per heavy atom. The number of ether oxygens (including phenoxy) is 1. The molecule has 1 fully saturated rings.